The number of hydrogen-bond acceptors (Lipinski definition) is 2. The van der Waals surface area contributed by atoms with Crippen molar-refractivity contribution in [2.45, 2.75) is 46.2 Å². The van der Waals surface area contributed by atoms with Crippen molar-refractivity contribution in [2.24, 2.45) is 5.92 Å². The molecule has 1 unspecified atom stereocenters. The lowest BCUT2D eigenvalue weighted by Gasteiger charge is -2.35. The molecule has 2 rings (SSSR count). The van der Waals surface area contributed by atoms with Crippen molar-refractivity contribution in [3.63, 3.8) is 0 Å². The monoisotopic (exact) mass is 313 g/mol. The lowest BCUT2D eigenvalue weighted by molar-refractivity contribution is 0.0613. The molecule has 1 aliphatic rings. The van der Waals surface area contributed by atoms with Gasteiger partial charge in [0.1, 0.15) is 5.69 Å². The van der Waals surface area contributed by atoms with Crippen LogP contribution in [-0.4, -0.2) is 41.1 Å². The van der Waals surface area contributed by atoms with Crippen LogP contribution in [0.3, 0.4) is 0 Å². The van der Waals surface area contributed by atoms with Gasteiger partial charge in [-0.25, -0.2) is 0 Å². The largest absolute Gasteiger partial charge is 0.350 e. The van der Waals surface area contributed by atoms with Gasteiger partial charge < -0.3 is 10.2 Å². The van der Waals surface area contributed by atoms with Gasteiger partial charge in [-0.15, -0.1) is 0 Å². The number of nitrogens with one attached hydrogen (secondary N) is 1. The smallest absolute Gasteiger partial charge is 0.319 e. The molecule has 2 heterocycles. The van der Waals surface area contributed by atoms with Crippen LogP contribution in [-0.2, 0) is 0 Å². The minimum Gasteiger partial charge on any atom is -0.350 e. The van der Waals surface area contributed by atoms with Crippen molar-refractivity contribution in [3.05, 3.63) is 23.5 Å². The number of alkyl halides is 2. The van der Waals surface area contributed by atoms with Crippen LogP contribution in [0.25, 0.3) is 0 Å². The van der Waals surface area contributed by atoms with E-state index in [0.717, 1.165) is 30.5 Å². The topological polar surface area (TPSA) is 37.3 Å². The number of aromatic nitrogens is 1. The van der Waals surface area contributed by atoms with Gasteiger partial charge in [0, 0.05) is 24.8 Å². The van der Waals surface area contributed by atoms with Crippen molar-refractivity contribution in [2.75, 3.05) is 19.6 Å². The van der Waals surface area contributed by atoms with Crippen molar-refractivity contribution in [1.82, 2.24) is 14.8 Å². The van der Waals surface area contributed by atoms with Gasteiger partial charge in [0.25, 0.3) is 5.91 Å². The van der Waals surface area contributed by atoms with E-state index in [1.54, 1.807) is 13.0 Å². The predicted octanol–water partition coefficient (Wildman–Crippen LogP) is 3.04. The maximum Gasteiger partial charge on any atom is 0.319 e. The molecule has 1 aromatic rings. The van der Waals surface area contributed by atoms with Crippen molar-refractivity contribution < 1.29 is 13.6 Å². The van der Waals surface area contributed by atoms with Gasteiger partial charge in [0.05, 0.1) is 0 Å². The number of piperidine rings is 1. The van der Waals surface area contributed by atoms with Crippen LogP contribution < -0.4 is 5.32 Å². The molecule has 0 aliphatic carbocycles. The van der Waals surface area contributed by atoms with Gasteiger partial charge >= 0.3 is 6.55 Å². The molecule has 1 atom stereocenters. The highest BCUT2D eigenvalue weighted by molar-refractivity contribution is 5.92. The first-order valence-corrected chi connectivity index (χ1v) is 7.88. The Morgan fingerprint density at radius 1 is 1.41 bits per heavy atom. The normalized spacial score (nSPS) is 19.9. The quantitative estimate of drug-likeness (QED) is 0.907. The minimum atomic E-state index is -2.69. The van der Waals surface area contributed by atoms with Gasteiger partial charge in [-0.2, -0.15) is 8.78 Å². The van der Waals surface area contributed by atoms with Crippen LogP contribution in [0.2, 0.25) is 0 Å². The number of nitrogens with zero attached hydrogens (tertiary/aromatic N) is 2. The van der Waals surface area contributed by atoms with Gasteiger partial charge in [-0.3, -0.25) is 9.36 Å². The molecule has 1 saturated heterocycles. The van der Waals surface area contributed by atoms with Crippen LogP contribution >= 0.6 is 0 Å². The fourth-order valence-electron chi connectivity index (χ4n) is 3.05. The number of amides is 1. The van der Waals surface area contributed by atoms with E-state index in [4.69, 9.17) is 0 Å². The Morgan fingerprint density at radius 2 is 2.14 bits per heavy atom. The van der Waals surface area contributed by atoms with E-state index in [1.165, 1.54) is 6.07 Å². The molecule has 1 fully saturated rings. The van der Waals surface area contributed by atoms with Gasteiger partial charge in [-0.1, -0.05) is 0 Å². The van der Waals surface area contributed by atoms with Gasteiger partial charge in [-0.05, 0) is 58.2 Å². The summed E-state index contributed by atoms with van der Waals surface area (Å²) >= 11 is 0. The number of aryl methyl sites for hydroxylation is 1. The van der Waals surface area contributed by atoms with E-state index >= 15 is 0 Å². The summed E-state index contributed by atoms with van der Waals surface area (Å²) in [7, 11) is 0. The number of hydrogen-bond donors (Lipinski definition) is 1. The average molecular weight is 313 g/mol. The SMILES string of the molecule is Cc1ccc(C(=O)NCC2CCCN(C(C)C)C2)n1C(F)F. The maximum absolute atomic E-state index is 13.0. The lowest BCUT2D eigenvalue weighted by Crippen LogP contribution is -2.44. The molecule has 124 valence electrons. The van der Waals surface area contributed by atoms with E-state index < -0.39 is 12.5 Å². The fraction of sp³-hybridized carbons (Fsp3) is 0.688. The third-order valence-corrected chi connectivity index (χ3v) is 4.38. The van der Waals surface area contributed by atoms with E-state index in [1.807, 2.05) is 0 Å². The predicted molar refractivity (Wildman–Crippen MR) is 82.2 cm³/mol. The van der Waals surface area contributed by atoms with Crippen molar-refractivity contribution in [3.8, 4) is 0 Å². The summed E-state index contributed by atoms with van der Waals surface area (Å²) in [5.41, 5.74) is 0.424. The summed E-state index contributed by atoms with van der Waals surface area (Å²) in [6, 6.07) is 3.50. The lowest BCUT2D eigenvalue weighted by atomic mass is 9.97. The molecule has 1 aliphatic heterocycles. The Bertz CT molecular complexity index is 513. The first-order valence-electron chi connectivity index (χ1n) is 7.88. The molecule has 22 heavy (non-hydrogen) atoms. The Balaban J connectivity index is 1.93. The first-order chi connectivity index (χ1) is 10.4. The van der Waals surface area contributed by atoms with Crippen molar-refractivity contribution >= 4 is 5.91 Å². The Morgan fingerprint density at radius 3 is 2.77 bits per heavy atom. The second-order valence-electron chi connectivity index (χ2n) is 6.31. The Kier molecular flexibility index (Phi) is 5.56. The van der Waals surface area contributed by atoms with E-state index in [0.29, 0.717) is 24.2 Å². The number of carbonyl (C=O) groups is 1. The third-order valence-electron chi connectivity index (χ3n) is 4.38. The maximum atomic E-state index is 13.0. The second-order valence-corrected chi connectivity index (χ2v) is 6.31. The number of rotatable bonds is 5. The molecule has 0 radical (unpaired) electrons. The minimum absolute atomic E-state index is 0.0315. The van der Waals surface area contributed by atoms with Gasteiger partial charge in [0.2, 0.25) is 0 Å². The Labute approximate surface area is 130 Å². The molecule has 4 nitrogen and oxygen atoms in total. The molecule has 0 aromatic carbocycles. The van der Waals surface area contributed by atoms with Crippen LogP contribution in [0.1, 0.15) is 49.4 Å². The third kappa shape index (κ3) is 3.85. The molecule has 0 bridgehead atoms. The highest BCUT2D eigenvalue weighted by Crippen LogP contribution is 2.20. The van der Waals surface area contributed by atoms with E-state index in [-0.39, 0.29) is 5.69 Å². The first kappa shape index (κ1) is 16.9. The number of halogens is 2. The molecule has 0 saturated carbocycles. The highest BCUT2D eigenvalue weighted by Gasteiger charge is 2.23. The van der Waals surface area contributed by atoms with E-state index in [9.17, 15) is 13.6 Å². The number of carbonyl (C=O) groups excluding carboxylic acids is 1. The van der Waals surface area contributed by atoms with E-state index in [2.05, 4.69) is 24.1 Å². The Hall–Kier alpha value is -1.43. The number of likely N-dealkylation sites (tertiary alicyclic amines) is 1. The van der Waals surface area contributed by atoms with Crippen LogP contribution in [0.15, 0.2) is 12.1 Å². The van der Waals surface area contributed by atoms with Crippen LogP contribution in [0.4, 0.5) is 8.78 Å². The van der Waals surface area contributed by atoms with Crippen LogP contribution in [0.5, 0.6) is 0 Å². The summed E-state index contributed by atoms with van der Waals surface area (Å²) in [5, 5.41) is 2.82. The zero-order valence-corrected chi connectivity index (χ0v) is 13.5. The summed E-state index contributed by atoms with van der Waals surface area (Å²) in [5.74, 6) is -0.0359. The molecule has 0 spiro atoms. The summed E-state index contributed by atoms with van der Waals surface area (Å²) in [6.07, 6.45) is 2.18. The summed E-state index contributed by atoms with van der Waals surface area (Å²) < 4.78 is 26.8. The zero-order chi connectivity index (χ0) is 16.3. The van der Waals surface area contributed by atoms with Crippen LogP contribution in [0, 0.1) is 12.8 Å². The van der Waals surface area contributed by atoms with Gasteiger partial charge in [0.15, 0.2) is 0 Å². The zero-order valence-electron chi connectivity index (χ0n) is 13.5. The summed E-state index contributed by atoms with van der Waals surface area (Å²) in [4.78, 5) is 14.6. The molecule has 1 N–H and O–H groups in total. The molecule has 1 aromatic heterocycles. The summed E-state index contributed by atoms with van der Waals surface area (Å²) in [6.45, 7) is 5.79. The standard InChI is InChI=1S/C16H25F2N3O/c1-11(2)20-8-4-5-13(10-20)9-19-15(22)14-7-6-12(3)21(14)16(17)18/h6-7,11,13,16H,4-5,8-10H2,1-3H3,(H,19,22). The molecular weight excluding hydrogens is 288 g/mol. The molecular formula is C16H25F2N3O. The second kappa shape index (κ2) is 7.22. The molecule has 6 heteroatoms. The highest BCUT2D eigenvalue weighted by atomic mass is 19.3. The van der Waals surface area contributed by atoms with Crippen molar-refractivity contribution in [1.29, 1.82) is 0 Å². The fourth-order valence-corrected chi connectivity index (χ4v) is 3.05. The average Bonchev–Trinajstić information content (AvgIpc) is 2.87. The molecule has 1 amide bonds.